The Morgan fingerprint density at radius 3 is 2.79 bits per heavy atom. The van der Waals surface area contributed by atoms with Crippen LogP contribution in [-0.4, -0.2) is 14.8 Å². The van der Waals surface area contributed by atoms with Gasteiger partial charge in [-0.2, -0.15) is 0 Å². The van der Waals surface area contributed by atoms with Gasteiger partial charge in [0.25, 0.3) is 5.56 Å². The number of thiophene rings is 1. The number of rotatable bonds is 6. The summed E-state index contributed by atoms with van der Waals surface area (Å²) in [5, 5.41) is 14.4. The number of benzene rings is 1. The van der Waals surface area contributed by atoms with Crippen LogP contribution in [0, 0.1) is 0 Å². The molecule has 1 N–H and O–H groups in total. The monoisotopic (exact) mass is 378 g/mol. The highest BCUT2D eigenvalue weighted by Gasteiger charge is 2.13. The number of hydrogen-bond acceptors (Lipinski definition) is 6. The lowest BCUT2D eigenvalue weighted by molar-refractivity contribution is 0.597. The van der Waals surface area contributed by atoms with Crippen molar-refractivity contribution in [3.8, 4) is 0 Å². The molecule has 24 heavy (non-hydrogen) atoms. The van der Waals surface area contributed by atoms with Crippen molar-refractivity contribution in [3.63, 3.8) is 0 Å². The first-order valence-corrected chi connectivity index (χ1v) is 9.57. The van der Waals surface area contributed by atoms with Gasteiger partial charge in [-0.25, -0.2) is 0 Å². The second kappa shape index (κ2) is 7.83. The van der Waals surface area contributed by atoms with E-state index in [1.165, 1.54) is 16.6 Å². The second-order valence-electron chi connectivity index (χ2n) is 4.85. The van der Waals surface area contributed by atoms with Crippen LogP contribution in [0.1, 0.15) is 11.8 Å². The quantitative estimate of drug-likeness (QED) is 0.644. The topological polar surface area (TPSA) is 59.8 Å². The molecule has 0 bridgehead atoms. The Balaban J connectivity index is 1.85. The van der Waals surface area contributed by atoms with Gasteiger partial charge < -0.3 is 5.32 Å². The van der Waals surface area contributed by atoms with Crippen LogP contribution >= 0.6 is 34.7 Å². The third-order valence-corrected chi connectivity index (χ3v) is 5.69. The number of anilines is 2. The van der Waals surface area contributed by atoms with Crippen molar-refractivity contribution in [2.24, 2.45) is 0 Å². The maximum Gasteiger partial charge on any atom is 0.297 e. The zero-order chi connectivity index (χ0) is 16.9. The van der Waals surface area contributed by atoms with Gasteiger partial charge in [0.15, 0.2) is 5.16 Å². The maximum atomic E-state index is 12.6. The fraction of sp³-hybridized carbons (Fsp3) is 0.188. The Morgan fingerprint density at radius 2 is 2.08 bits per heavy atom. The summed E-state index contributed by atoms with van der Waals surface area (Å²) in [5.41, 5.74) is 0.424. The van der Waals surface area contributed by atoms with E-state index < -0.39 is 0 Å². The minimum Gasteiger partial charge on any atom is -0.333 e. The molecule has 0 amide bonds. The highest BCUT2D eigenvalue weighted by atomic mass is 35.5. The molecule has 0 fully saturated rings. The fourth-order valence-electron chi connectivity index (χ4n) is 2.09. The molecule has 8 heteroatoms. The van der Waals surface area contributed by atoms with E-state index in [1.54, 1.807) is 28.0 Å². The first-order valence-electron chi connectivity index (χ1n) is 7.33. The lowest BCUT2D eigenvalue weighted by Crippen LogP contribution is -2.26. The van der Waals surface area contributed by atoms with E-state index in [2.05, 4.69) is 21.6 Å². The number of aromatic nitrogens is 3. The summed E-state index contributed by atoms with van der Waals surface area (Å²) in [7, 11) is 0. The van der Waals surface area contributed by atoms with Crippen LogP contribution in [-0.2, 0) is 12.3 Å². The van der Waals surface area contributed by atoms with Gasteiger partial charge in [0.1, 0.15) is 0 Å². The average Bonchev–Trinajstić information content (AvgIpc) is 3.10. The van der Waals surface area contributed by atoms with E-state index in [0.29, 0.717) is 22.4 Å². The van der Waals surface area contributed by atoms with Crippen LogP contribution in [0.3, 0.4) is 0 Å². The Bertz CT molecular complexity index is 880. The van der Waals surface area contributed by atoms with Gasteiger partial charge >= 0.3 is 0 Å². The Kier molecular flexibility index (Phi) is 5.55. The molecule has 0 spiro atoms. The number of nitrogens with zero attached hydrogens (tertiary/aromatic N) is 3. The summed E-state index contributed by atoms with van der Waals surface area (Å²) >= 11 is 9.31. The van der Waals surface area contributed by atoms with Crippen LogP contribution < -0.4 is 10.9 Å². The van der Waals surface area contributed by atoms with Crippen molar-refractivity contribution < 1.29 is 0 Å². The minimum atomic E-state index is -0.207. The predicted molar refractivity (Wildman–Crippen MR) is 101 cm³/mol. The molecular weight excluding hydrogens is 364 g/mol. The summed E-state index contributed by atoms with van der Waals surface area (Å²) in [5.74, 6) is 0.939. The zero-order valence-corrected chi connectivity index (χ0v) is 15.3. The van der Waals surface area contributed by atoms with Crippen molar-refractivity contribution in [1.82, 2.24) is 14.8 Å². The van der Waals surface area contributed by atoms with E-state index in [1.807, 2.05) is 30.5 Å². The van der Waals surface area contributed by atoms with Crippen molar-refractivity contribution in [1.29, 1.82) is 0 Å². The van der Waals surface area contributed by atoms with Gasteiger partial charge in [-0.15, -0.1) is 21.5 Å². The molecule has 0 radical (unpaired) electrons. The SMILES string of the molecule is CCn1c(SCc2cccs2)nnc(Nc2ccccc2Cl)c1=O. The van der Waals surface area contributed by atoms with Crippen molar-refractivity contribution >= 4 is 46.2 Å². The smallest absolute Gasteiger partial charge is 0.297 e. The number of para-hydroxylation sites is 1. The van der Waals surface area contributed by atoms with Crippen LogP contribution in [0.4, 0.5) is 11.5 Å². The van der Waals surface area contributed by atoms with E-state index >= 15 is 0 Å². The van der Waals surface area contributed by atoms with Crippen LogP contribution in [0.5, 0.6) is 0 Å². The minimum absolute atomic E-state index is 0.172. The first-order chi connectivity index (χ1) is 11.7. The standard InChI is InChI=1S/C16H15ClN4OS2/c1-2-21-15(22)14(18-13-8-4-3-7-12(13)17)19-20-16(21)24-10-11-6-5-9-23-11/h3-9H,2,10H2,1H3,(H,18,19). The summed E-state index contributed by atoms with van der Waals surface area (Å²) in [6.07, 6.45) is 0. The van der Waals surface area contributed by atoms with E-state index in [-0.39, 0.29) is 11.4 Å². The third-order valence-electron chi connectivity index (χ3n) is 3.28. The largest absolute Gasteiger partial charge is 0.333 e. The van der Waals surface area contributed by atoms with Gasteiger partial charge in [0.2, 0.25) is 5.82 Å². The molecule has 0 aliphatic rings. The van der Waals surface area contributed by atoms with Crippen molar-refractivity contribution in [3.05, 3.63) is 62.0 Å². The molecule has 0 atom stereocenters. The summed E-state index contributed by atoms with van der Waals surface area (Å²) in [4.78, 5) is 13.9. The molecule has 1 aromatic carbocycles. The van der Waals surface area contributed by atoms with E-state index in [9.17, 15) is 4.79 Å². The Morgan fingerprint density at radius 1 is 1.25 bits per heavy atom. The molecular formula is C16H15ClN4OS2. The number of hydrogen-bond donors (Lipinski definition) is 1. The molecule has 0 saturated heterocycles. The van der Waals surface area contributed by atoms with Crippen LogP contribution in [0.2, 0.25) is 5.02 Å². The van der Waals surface area contributed by atoms with Gasteiger partial charge in [0.05, 0.1) is 10.7 Å². The van der Waals surface area contributed by atoms with E-state index in [0.717, 1.165) is 5.75 Å². The maximum absolute atomic E-state index is 12.6. The molecule has 124 valence electrons. The van der Waals surface area contributed by atoms with Crippen molar-refractivity contribution in [2.75, 3.05) is 5.32 Å². The van der Waals surface area contributed by atoms with Crippen molar-refractivity contribution in [2.45, 2.75) is 24.4 Å². The highest BCUT2D eigenvalue weighted by Crippen LogP contribution is 2.24. The van der Waals surface area contributed by atoms with Gasteiger partial charge in [-0.3, -0.25) is 9.36 Å². The third kappa shape index (κ3) is 3.80. The number of halogens is 1. The molecule has 0 saturated carbocycles. The lowest BCUT2D eigenvalue weighted by Gasteiger charge is -2.11. The second-order valence-corrected chi connectivity index (χ2v) is 7.24. The molecule has 0 unspecified atom stereocenters. The van der Waals surface area contributed by atoms with Gasteiger partial charge in [0, 0.05) is 17.2 Å². The van der Waals surface area contributed by atoms with Gasteiger partial charge in [-0.1, -0.05) is 41.6 Å². The molecule has 0 aliphatic heterocycles. The Hall–Kier alpha value is -1.83. The highest BCUT2D eigenvalue weighted by molar-refractivity contribution is 7.98. The summed E-state index contributed by atoms with van der Waals surface area (Å²) < 4.78 is 1.62. The van der Waals surface area contributed by atoms with Crippen LogP contribution in [0.25, 0.3) is 0 Å². The predicted octanol–water partition coefficient (Wildman–Crippen LogP) is 4.41. The molecule has 3 rings (SSSR count). The average molecular weight is 379 g/mol. The fourth-order valence-corrected chi connectivity index (χ4v) is 4.04. The molecule has 2 aromatic heterocycles. The summed E-state index contributed by atoms with van der Waals surface area (Å²) in [6.45, 7) is 2.44. The van der Waals surface area contributed by atoms with Gasteiger partial charge in [-0.05, 0) is 30.5 Å². The zero-order valence-electron chi connectivity index (χ0n) is 12.9. The molecule has 5 nitrogen and oxygen atoms in total. The van der Waals surface area contributed by atoms with E-state index in [4.69, 9.17) is 11.6 Å². The molecule has 2 heterocycles. The Labute approximate surface area is 152 Å². The summed E-state index contributed by atoms with van der Waals surface area (Å²) in [6, 6.07) is 11.3. The molecule has 0 aliphatic carbocycles. The lowest BCUT2D eigenvalue weighted by atomic mass is 10.3. The molecule has 3 aromatic rings. The first kappa shape index (κ1) is 17.0. The number of thioether (sulfide) groups is 1. The normalized spacial score (nSPS) is 10.8. The number of nitrogens with one attached hydrogen (secondary N) is 1. The van der Waals surface area contributed by atoms with Crippen LogP contribution in [0.15, 0.2) is 51.7 Å².